The first kappa shape index (κ1) is 18.1. The number of rotatable bonds is 3. The zero-order chi connectivity index (χ0) is 17.4. The van der Waals surface area contributed by atoms with Crippen molar-refractivity contribution in [2.24, 2.45) is 5.92 Å². The fraction of sp³-hybridized carbons (Fsp3) is 0.533. The number of carbonyl (C=O) groups excluding carboxylic acids is 2. The molecule has 3 rings (SSSR count). The molecule has 2 amide bonds. The lowest BCUT2D eigenvalue weighted by Gasteiger charge is -2.32. The number of pyridine rings is 1. The predicted octanol–water partition coefficient (Wildman–Crippen LogP) is 3.83. The normalized spacial score (nSPS) is 20.8. The highest BCUT2D eigenvalue weighted by molar-refractivity contribution is 6.52. The second-order valence-electron chi connectivity index (χ2n) is 6.07. The third kappa shape index (κ3) is 3.74. The largest absolute Gasteiger partial charge is 0.353 e. The summed E-state index contributed by atoms with van der Waals surface area (Å²) in [5, 5.41) is 2.90. The standard InChI is InChI=1S/C15H15Cl4N3O2/c16-9-10(17)12(21-13(19)11(9)18)15(24)22-5-1-2-7(6-22)14(23)20-8-3-4-8/h7-8H,1-6H2,(H,20,23)/t7-/m0/s1. The lowest BCUT2D eigenvalue weighted by molar-refractivity contribution is -0.126. The lowest BCUT2D eigenvalue weighted by Crippen LogP contribution is -2.46. The maximum Gasteiger partial charge on any atom is 0.274 e. The molecule has 1 N–H and O–H groups in total. The van der Waals surface area contributed by atoms with Gasteiger partial charge in [-0.05, 0) is 25.7 Å². The number of hydrogen-bond acceptors (Lipinski definition) is 3. The van der Waals surface area contributed by atoms with Gasteiger partial charge in [-0.25, -0.2) is 4.98 Å². The Balaban J connectivity index is 1.76. The molecule has 1 saturated carbocycles. The van der Waals surface area contributed by atoms with Gasteiger partial charge in [-0.2, -0.15) is 0 Å². The molecule has 1 aliphatic heterocycles. The van der Waals surface area contributed by atoms with Crippen molar-refractivity contribution in [2.45, 2.75) is 31.7 Å². The van der Waals surface area contributed by atoms with Crippen LogP contribution in [-0.2, 0) is 4.79 Å². The van der Waals surface area contributed by atoms with Crippen LogP contribution in [0.5, 0.6) is 0 Å². The number of halogens is 4. The first-order valence-electron chi connectivity index (χ1n) is 7.68. The smallest absolute Gasteiger partial charge is 0.274 e. The van der Waals surface area contributed by atoms with Gasteiger partial charge in [0.15, 0.2) is 0 Å². The molecule has 2 aliphatic rings. The van der Waals surface area contributed by atoms with Crippen molar-refractivity contribution in [3.05, 3.63) is 25.9 Å². The van der Waals surface area contributed by atoms with Crippen LogP contribution in [-0.4, -0.2) is 40.8 Å². The molecule has 1 aromatic heterocycles. The third-order valence-electron chi connectivity index (χ3n) is 4.19. The van der Waals surface area contributed by atoms with Gasteiger partial charge < -0.3 is 10.2 Å². The fourth-order valence-electron chi connectivity index (χ4n) is 2.70. The van der Waals surface area contributed by atoms with E-state index in [0.717, 1.165) is 25.7 Å². The fourth-order valence-corrected chi connectivity index (χ4v) is 3.51. The van der Waals surface area contributed by atoms with E-state index in [1.165, 1.54) is 0 Å². The van der Waals surface area contributed by atoms with Crippen molar-refractivity contribution in [3.8, 4) is 0 Å². The summed E-state index contributed by atoms with van der Waals surface area (Å²) in [5.74, 6) is -0.620. The molecular weight excluding hydrogens is 396 g/mol. The van der Waals surface area contributed by atoms with Crippen LogP contribution in [0.15, 0.2) is 0 Å². The highest BCUT2D eigenvalue weighted by atomic mass is 35.5. The van der Waals surface area contributed by atoms with E-state index < -0.39 is 5.91 Å². The molecule has 1 aliphatic carbocycles. The summed E-state index contributed by atoms with van der Waals surface area (Å²) in [6.07, 6.45) is 3.55. The molecular formula is C15H15Cl4N3O2. The van der Waals surface area contributed by atoms with E-state index in [2.05, 4.69) is 10.3 Å². The topological polar surface area (TPSA) is 62.3 Å². The Morgan fingerprint density at radius 3 is 2.42 bits per heavy atom. The minimum atomic E-state index is -0.399. The van der Waals surface area contributed by atoms with E-state index >= 15 is 0 Å². The molecule has 5 nitrogen and oxygen atoms in total. The third-order valence-corrected chi connectivity index (χ3v) is 5.87. The van der Waals surface area contributed by atoms with E-state index in [0.29, 0.717) is 19.1 Å². The van der Waals surface area contributed by atoms with Crippen LogP contribution in [0.25, 0.3) is 0 Å². The summed E-state index contributed by atoms with van der Waals surface area (Å²) < 4.78 is 0. The molecule has 130 valence electrons. The molecule has 0 spiro atoms. The number of amides is 2. The average molecular weight is 411 g/mol. The summed E-state index contributed by atoms with van der Waals surface area (Å²) in [4.78, 5) is 30.5. The second kappa shape index (κ2) is 7.24. The summed E-state index contributed by atoms with van der Waals surface area (Å²) in [6, 6.07) is 0.300. The van der Waals surface area contributed by atoms with Gasteiger partial charge in [-0.3, -0.25) is 9.59 Å². The second-order valence-corrected chi connectivity index (χ2v) is 7.56. The maximum absolute atomic E-state index is 12.7. The number of aromatic nitrogens is 1. The van der Waals surface area contributed by atoms with Crippen molar-refractivity contribution in [1.29, 1.82) is 0 Å². The highest BCUT2D eigenvalue weighted by Crippen LogP contribution is 2.36. The first-order valence-corrected chi connectivity index (χ1v) is 9.19. The number of hydrogen-bond donors (Lipinski definition) is 1. The summed E-state index contributed by atoms with van der Waals surface area (Å²) >= 11 is 23.9. The Kier molecular flexibility index (Phi) is 5.45. The Hall–Kier alpha value is -0.750. The molecule has 0 aromatic carbocycles. The van der Waals surface area contributed by atoms with Gasteiger partial charge in [-0.15, -0.1) is 0 Å². The first-order chi connectivity index (χ1) is 11.4. The van der Waals surface area contributed by atoms with E-state index in [1.54, 1.807) is 4.90 Å². The molecule has 0 unspecified atom stereocenters. The highest BCUT2D eigenvalue weighted by Gasteiger charge is 2.33. The van der Waals surface area contributed by atoms with Crippen LogP contribution in [0.4, 0.5) is 0 Å². The van der Waals surface area contributed by atoms with E-state index in [4.69, 9.17) is 46.4 Å². The van der Waals surface area contributed by atoms with Crippen LogP contribution in [0, 0.1) is 5.92 Å². The Bertz CT molecular complexity index is 694. The van der Waals surface area contributed by atoms with Crippen LogP contribution in [0.2, 0.25) is 20.2 Å². The van der Waals surface area contributed by atoms with Crippen LogP contribution in [0.3, 0.4) is 0 Å². The van der Waals surface area contributed by atoms with Crippen LogP contribution in [0.1, 0.15) is 36.2 Å². The minimum absolute atomic E-state index is 0.00114. The van der Waals surface area contributed by atoms with Crippen molar-refractivity contribution in [2.75, 3.05) is 13.1 Å². The molecule has 0 bridgehead atoms. The molecule has 1 saturated heterocycles. The molecule has 2 heterocycles. The van der Waals surface area contributed by atoms with Gasteiger partial charge in [0.25, 0.3) is 5.91 Å². The molecule has 0 radical (unpaired) electrons. The number of piperidine rings is 1. The Labute approximate surface area is 159 Å². The monoisotopic (exact) mass is 409 g/mol. The van der Waals surface area contributed by atoms with Crippen molar-refractivity contribution >= 4 is 58.2 Å². The molecule has 9 heteroatoms. The zero-order valence-electron chi connectivity index (χ0n) is 12.6. The minimum Gasteiger partial charge on any atom is -0.353 e. The van der Waals surface area contributed by atoms with Crippen LogP contribution < -0.4 is 5.32 Å². The van der Waals surface area contributed by atoms with Crippen molar-refractivity contribution in [1.82, 2.24) is 15.2 Å². The molecule has 1 aromatic rings. The lowest BCUT2D eigenvalue weighted by atomic mass is 9.96. The summed E-state index contributed by atoms with van der Waals surface area (Å²) in [5.41, 5.74) is -0.0423. The summed E-state index contributed by atoms with van der Waals surface area (Å²) in [7, 11) is 0. The number of nitrogens with one attached hydrogen (secondary N) is 1. The number of nitrogens with zero attached hydrogens (tertiary/aromatic N) is 2. The van der Waals surface area contributed by atoms with Crippen molar-refractivity contribution < 1.29 is 9.59 Å². The number of likely N-dealkylation sites (tertiary alicyclic amines) is 1. The van der Waals surface area contributed by atoms with Gasteiger partial charge in [0, 0.05) is 19.1 Å². The molecule has 24 heavy (non-hydrogen) atoms. The maximum atomic E-state index is 12.7. The quantitative estimate of drug-likeness (QED) is 0.770. The molecule has 2 fully saturated rings. The zero-order valence-corrected chi connectivity index (χ0v) is 15.6. The Morgan fingerprint density at radius 2 is 1.75 bits per heavy atom. The van der Waals surface area contributed by atoms with E-state index in [9.17, 15) is 9.59 Å². The van der Waals surface area contributed by atoms with Gasteiger partial charge in [0.05, 0.1) is 21.0 Å². The number of carbonyl (C=O) groups is 2. The molecule has 1 atom stereocenters. The van der Waals surface area contributed by atoms with Gasteiger partial charge in [0.2, 0.25) is 5.91 Å². The van der Waals surface area contributed by atoms with E-state index in [1.807, 2.05) is 0 Å². The summed E-state index contributed by atoms with van der Waals surface area (Å²) in [6.45, 7) is 0.856. The van der Waals surface area contributed by atoms with E-state index in [-0.39, 0.29) is 37.7 Å². The average Bonchev–Trinajstić information content (AvgIpc) is 3.39. The Morgan fingerprint density at radius 1 is 1.04 bits per heavy atom. The van der Waals surface area contributed by atoms with Gasteiger partial charge >= 0.3 is 0 Å². The predicted molar refractivity (Wildman–Crippen MR) is 94.1 cm³/mol. The van der Waals surface area contributed by atoms with Gasteiger partial charge in [-0.1, -0.05) is 46.4 Å². The van der Waals surface area contributed by atoms with Crippen molar-refractivity contribution in [3.63, 3.8) is 0 Å². The van der Waals surface area contributed by atoms with Crippen LogP contribution >= 0.6 is 46.4 Å². The van der Waals surface area contributed by atoms with Gasteiger partial charge in [0.1, 0.15) is 10.8 Å². The SMILES string of the molecule is O=C(NC1CC1)[C@H]1CCCN(C(=O)c2nc(Cl)c(Cl)c(Cl)c2Cl)C1.